The third kappa shape index (κ3) is 3.85. The summed E-state index contributed by atoms with van der Waals surface area (Å²) in [7, 11) is 0. The van der Waals surface area contributed by atoms with Crippen molar-refractivity contribution < 1.29 is 4.79 Å². The molecule has 0 spiro atoms. The van der Waals surface area contributed by atoms with Gasteiger partial charge in [-0.05, 0) is 29.8 Å². The summed E-state index contributed by atoms with van der Waals surface area (Å²) in [5.41, 5.74) is 3.46. The average molecular weight is 383 g/mol. The van der Waals surface area contributed by atoms with E-state index in [4.69, 9.17) is 11.6 Å². The van der Waals surface area contributed by atoms with Gasteiger partial charge in [-0.25, -0.2) is 0 Å². The zero-order valence-corrected chi connectivity index (χ0v) is 15.3. The minimum absolute atomic E-state index is 0.119. The van der Waals surface area contributed by atoms with Crippen LogP contribution in [0.15, 0.2) is 48.8 Å². The number of carbonyl (C=O) groups is 1. The summed E-state index contributed by atoms with van der Waals surface area (Å²) in [6, 6.07) is 11.0. The average Bonchev–Trinajstić information content (AvgIpc) is 3.13. The summed E-state index contributed by atoms with van der Waals surface area (Å²) in [6.07, 6.45) is 3.43. The summed E-state index contributed by atoms with van der Waals surface area (Å²) >= 11 is 6.01. The molecule has 4 rings (SSSR count). The SMILES string of the molecule is O=C(Nc1n[nH]c(-c2ccc(Cl)cc2)c1-c1ccncc1)C1CNCCN1. The van der Waals surface area contributed by atoms with Crippen LogP contribution in [0.3, 0.4) is 0 Å². The summed E-state index contributed by atoms with van der Waals surface area (Å²) in [5, 5.41) is 17.4. The van der Waals surface area contributed by atoms with Crippen LogP contribution in [-0.4, -0.2) is 46.8 Å². The van der Waals surface area contributed by atoms with Crippen LogP contribution in [0.1, 0.15) is 0 Å². The lowest BCUT2D eigenvalue weighted by Gasteiger charge is -2.23. The van der Waals surface area contributed by atoms with E-state index in [-0.39, 0.29) is 11.9 Å². The van der Waals surface area contributed by atoms with Gasteiger partial charge in [-0.1, -0.05) is 23.7 Å². The number of rotatable bonds is 4. The van der Waals surface area contributed by atoms with Crippen LogP contribution in [0.5, 0.6) is 0 Å². The van der Waals surface area contributed by atoms with Crippen molar-refractivity contribution in [3.8, 4) is 22.4 Å². The largest absolute Gasteiger partial charge is 0.313 e. The van der Waals surface area contributed by atoms with Crippen molar-refractivity contribution in [2.45, 2.75) is 6.04 Å². The second kappa shape index (κ2) is 7.87. The molecule has 3 heterocycles. The highest BCUT2D eigenvalue weighted by atomic mass is 35.5. The van der Waals surface area contributed by atoms with Crippen LogP contribution in [0, 0.1) is 0 Å². The van der Waals surface area contributed by atoms with Gasteiger partial charge in [0, 0.05) is 42.6 Å². The molecule has 1 aromatic carbocycles. The first-order valence-electron chi connectivity index (χ1n) is 8.72. The summed E-state index contributed by atoms with van der Waals surface area (Å²) in [6.45, 7) is 2.20. The van der Waals surface area contributed by atoms with Gasteiger partial charge in [0.05, 0.1) is 17.3 Å². The number of halogens is 1. The first-order valence-corrected chi connectivity index (χ1v) is 9.10. The Morgan fingerprint density at radius 1 is 1.07 bits per heavy atom. The molecule has 2 aromatic heterocycles. The third-order valence-electron chi connectivity index (χ3n) is 4.47. The van der Waals surface area contributed by atoms with Gasteiger partial charge in [0.25, 0.3) is 0 Å². The Morgan fingerprint density at radius 2 is 1.85 bits per heavy atom. The Balaban J connectivity index is 1.71. The zero-order valence-electron chi connectivity index (χ0n) is 14.5. The van der Waals surface area contributed by atoms with Gasteiger partial charge in [-0.15, -0.1) is 0 Å². The van der Waals surface area contributed by atoms with Gasteiger partial charge in [-0.3, -0.25) is 14.9 Å². The molecule has 3 aromatic rings. The number of aromatic amines is 1. The van der Waals surface area contributed by atoms with Gasteiger partial charge >= 0.3 is 0 Å². The van der Waals surface area contributed by atoms with Crippen molar-refractivity contribution in [2.24, 2.45) is 0 Å². The van der Waals surface area contributed by atoms with Crippen LogP contribution >= 0.6 is 11.6 Å². The third-order valence-corrected chi connectivity index (χ3v) is 4.72. The van der Waals surface area contributed by atoms with Crippen LogP contribution in [0.2, 0.25) is 5.02 Å². The molecule has 1 aliphatic rings. The number of aromatic nitrogens is 3. The number of carbonyl (C=O) groups excluding carboxylic acids is 1. The van der Waals surface area contributed by atoms with Crippen molar-refractivity contribution in [3.63, 3.8) is 0 Å². The molecule has 1 saturated heterocycles. The Morgan fingerprint density at radius 3 is 2.56 bits per heavy atom. The Hall–Kier alpha value is -2.74. The number of anilines is 1. The van der Waals surface area contributed by atoms with Crippen LogP contribution in [-0.2, 0) is 4.79 Å². The molecule has 1 atom stereocenters. The fraction of sp³-hybridized carbons (Fsp3) is 0.211. The lowest BCUT2D eigenvalue weighted by atomic mass is 10.0. The van der Waals surface area contributed by atoms with Gasteiger partial charge < -0.3 is 16.0 Å². The molecule has 1 amide bonds. The first-order chi connectivity index (χ1) is 13.2. The van der Waals surface area contributed by atoms with Crippen molar-refractivity contribution in [1.29, 1.82) is 0 Å². The molecule has 1 aliphatic heterocycles. The second-order valence-corrected chi connectivity index (χ2v) is 6.70. The highest BCUT2D eigenvalue weighted by molar-refractivity contribution is 6.30. The molecular weight excluding hydrogens is 364 g/mol. The van der Waals surface area contributed by atoms with Gasteiger partial charge in [0.15, 0.2) is 5.82 Å². The van der Waals surface area contributed by atoms with Gasteiger partial charge in [-0.2, -0.15) is 5.10 Å². The summed E-state index contributed by atoms with van der Waals surface area (Å²) in [5.74, 6) is 0.371. The molecule has 1 fully saturated rings. The number of benzene rings is 1. The molecule has 8 heteroatoms. The summed E-state index contributed by atoms with van der Waals surface area (Å²) in [4.78, 5) is 16.7. The van der Waals surface area contributed by atoms with Gasteiger partial charge in [0.2, 0.25) is 5.91 Å². The summed E-state index contributed by atoms with van der Waals surface area (Å²) < 4.78 is 0. The smallest absolute Gasteiger partial charge is 0.244 e. The van der Waals surface area contributed by atoms with Crippen molar-refractivity contribution >= 4 is 23.3 Å². The standard InChI is InChI=1S/C19H19ClN6O/c20-14-3-1-13(2-4-14)17-16(12-5-7-21-8-6-12)18(26-25-17)24-19(27)15-11-22-9-10-23-15/h1-8,15,22-23H,9-11H2,(H2,24,25,26,27). The van der Waals surface area contributed by atoms with Crippen molar-refractivity contribution in [1.82, 2.24) is 25.8 Å². The minimum atomic E-state index is -0.292. The molecule has 27 heavy (non-hydrogen) atoms. The van der Waals surface area contributed by atoms with E-state index in [2.05, 4.69) is 31.1 Å². The minimum Gasteiger partial charge on any atom is -0.313 e. The highest BCUT2D eigenvalue weighted by Crippen LogP contribution is 2.36. The monoisotopic (exact) mass is 382 g/mol. The maximum Gasteiger partial charge on any atom is 0.244 e. The number of pyridine rings is 1. The number of hydrogen-bond acceptors (Lipinski definition) is 5. The molecule has 4 N–H and O–H groups in total. The quantitative estimate of drug-likeness (QED) is 0.555. The molecule has 0 aliphatic carbocycles. The molecule has 0 saturated carbocycles. The number of hydrogen-bond donors (Lipinski definition) is 4. The fourth-order valence-electron chi connectivity index (χ4n) is 3.10. The van der Waals surface area contributed by atoms with E-state index in [1.54, 1.807) is 12.4 Å². The Bertz CT molecular complexity index is 919. The molecule has 7 nitrogen and oxygen atoms in total. The molecule has 138 valence electrons. The topological polar surface area (TPSA) is 94.7 Å². The number of nitrogens with one attached hydrogen (secondary N) is 4. The van der Waals surface area contributed by atoms with Crippen LogP contribution in [0.25, 0.3) is 22.4 Å². The fourth-order valence-corrected chi connectivity index (χ4v) is 3.23. The van der Waals surface area contributed by atoms with E-state index in [1.807, 2.05) is 36.4 Å². The number of nitrogens with zero attached hydrogens (tertiary/aromatic N) is 2. The van der Waals surface area contributed by atoms with E-state index in [0.717, 1.165) is 35.5 Å². The predicted molar refractivity (Wildman–Crippen MR) is 106 cm³/mol. The first kappa shape index (κ1) is 17.7. The van der Waals surface area contributed by atoms with E-state index < -0.39 is 0 Å². The maximum atomic E-state index is 12.6. The van der Waals surface area contributed by atoms with Crippen molar-refractivity contribution in [3.05, 3.63) is 53.8 Å². The highest BCUT2D eigenvalue weighted by Gasteiger charge is 2.24. The predicted octanol–water partition coefficient (Wildman–Crippen LogP) is 2.29. The van der Waals surface area contributed by atoms with E-state index in [0.29, 0.717) is 17.4 Å². The number of H-pyrrole nitrogens is 1. The lowest BCUT2D eigenvalue weighted by Crippen LogP contribution is -2.54. The van der Waals surface area contributed by atoms with E-state index >= 15 is 0 Å². The Kier molecular flexibility index (Phi) is 5.15. The molecule has 0 bridgehead atoms. The van der Waals surface area contributed by atoms with Crippen LogP contribution in [0.4, 0.5) is 5.82 Å². The number of amides is 1. The van der Waals surface area contributed by atoms with E-state index in [9.17, 15) is 4.79 Å². The molecular formula is C19H19ClN6O. The molecule has 0 radical (unpaired) electrons. The number of piperazine rings is 1. The molecule has 1 unspecified atom stereocenters. The van der Waals surface area contributed by atoms with Gasteiger partial charge in [0.1, 0.15) is 0 Å². The normalized spacial score (nSPS) is 16.9. The van der Waals surface area contributed by atoms with E-state index in [1.165, 1.54) is 0 Å². The Labute approximate surface area is 161 Å². The van der Waals surface area contributed by atoms with Crippen LogP contribution < -0.4 is 16.0 Å². The second-order valence-electron chi connectivity index (χ2n) is 6.27. The van der Waals surface area contributed by atoms with Crippen molar-refractivity contribution in [2.75, 3.05) is 25.0 Å². The zero-order chi connectivity index (χ0) is 18.6. The maximum absolute atomic E-state index is 12.6. The lowest BCUT2D eigenvalue weighted by molar-refractivity contribution is -0.118.